The Labute approximate surface area is 173 Å². The number of hydrogen-bond acceptors (Lipinski definition) is 5. The van der Waals surface area contributed by atoms with Gasteiger partial charge >= 0.3 is 12.3 Å². The zero-order valence-electron chi connectivity index (χ0n) is 17.0. The molecule has 0 fully saturated rings. The summed E-state index contributed by atoms with van der Waals surface area (Å²) in [6.45, 7) is 4.08. The van der Waals surface area contributed by atoms with Crippen molar-refractivity contribution in [3.05, 3.63) is 59.8 Å². The van der Waals surface area contributed by atoms with E-state index < -0.39 is 30.5 Å². The molecule has 2 aromatic rings. The van der Waals surface area contributed by atoms with Crippen LogP contribution < -0.4 is 10.1 Å². The van der Waals surface area contributed by atoms with Crippen LogP contribution in [-0.4, -0.2) is 36.1 Å². The van der Waals surface area contributed by atoms with E-state index in [1.54, 1.807) is 26.8 Å². The van der Waals surface area contributed by atoms with E-state index in [1.807, 2.05) is 30.3 Å². The molecule has 1 amide bonds. The number of pyridine rings is 1. The quantitative estimate of drug-likeness (QED) is 0.656. The summed E-state index contributed by atoms with van der Waals surface area (Å²) in [6.07, 6.45) is -3.85. The molecular formula is C21H25F3N2O4. The number of alkyl halides is 3. The molecule has 0 saturated heterocycles. The summed E-state index contributed by atoms with van der Waals surface area (Å²) < 4.78 is 52.9. The van der Waals surface area contributed by atoms with E-state index in [0.29, 0.717) is 12.2 Å². The van der Waals surface area contributed by atoms with Gasteiger partial charge in [-0.1, -0.05) is 30.3 Å². The van der Waals surface area contributed by atoms with Crippen LogP contribution in [0, 0.1) is 0 Å². The van der Waals surface area contributed by atoms with Gasteiger partial charge in [-0.15, -0.1) is 0 Å². The number of carbonyl (C=O) groups is 1. The number of aromatic nitrogens is 1. The molecule has 1 N–H and O–H groups in total. The van der Waals surface area contributed by atoms with E-state index in [4.69, 9.17) is 14.2 Å². The van der Waals surface area contributed by atoms with Gasteiger partial charge in [0.25, 0.3) is 0 Å². The highest BCUT2D eigenvalue weighted by Gasteiger charge is 2.29. The number of ether oxygens (including phenoxy) is 3. The zero-order valence-corrected chi connectivity index (χ0v) is 17.0. The number of amides is 1. The van der Waals surface area contributed by atoms with Gasteiger partial charge in [0, 0.05) is 12.3 Å². The Balaban J connectivity index is 2.10. The van der Waals surface area contributed by atoms with E-state index in [-0.39, 0.29) is 12.5 Å². The number of alkyl carbamates (subject to hydrolysis) is 1. The first-order valence-corrected chi connectivity index (χ1v) is 9.28. The standard InChI is InChI=1S/C21H25F3N2O4/c1-20(2,3)30-19(27)26-17(13-28-12-15-7-5-4-6-8-15)16-9-10-25-18(11-16)29-14-21(22,23)24/h4-11,17H,12-14H2,1-3H3,(H,26,27). The summed E-state index contributed by atoms with van der Waals surface area (Å²) in [4.78, 5) is 16.0. The molecule has 0 aliphatic carbocycles. The molecular weight excluding hydrogens is 401 g/mol. The molecule has 1 heterocycles. The summed E-state index contributed by atoms with van der Waals surface area (Å²) in [5, 5.41) is 2.68. The second-order valence-corrected chi connectivity index (χ2v) is 7.53. The number of benzene rings is 1. The number of halogens is 3. The predicted molar refractivity (Wildman–Crippen MR) is 104 cm³/mol. The van der Waals surface area contributed by atoms with Crippen molar-refractivity contribution in [3.63, 3.8) is 0 Å². The summed E-state index contributed by atoms with van der Waals surface area (Å²) in [5.41, 5.74) is 0.706. The smallest absolute Gasteiger partial charge is 0.422 e. The van der Waals surface area contributed by atoms with E-state index >= 15 is 0 Å². The maximum Gasteiger partial charge on any atom is 0.422 e. The lowest BCUT2D eigenvalue weighted by molar-refractivity contribution is -0.154. The highest BCUT2D eigenvalue weighted by molar-refractivity contribution is 5.68. The van der Waals surface area contributed by atoms with Gasteiger partial charge in [-0.2, -0.15) is 13.2 Å². The second-order valence-electron chi connectivity index (χ2n) is 7.53. The van der Waals surface area contributed by atoms with Crippen molar-refractivity contribution in [1.29, 1.82) is 0 Å². The number of rotatable bonds is 8. The summed E-state index contributed by atoms with van der Waals surface area (Å²) >= 11 is 0. The van der Waals surface area contributed by atoms with Crippen LogP contribution in [0.1, 0.15) is 37.9 Å². The molecule has 1 aromatic heterocycles. The maximum atomic E-state index is 12.4. The zero-order chi connectivity index (χ0) is 22.2. The summed E-state index contributed by atoms with van der Waals surface area (Å²) in [6, 6.07) is 11.6. The molecule has 6 nitrogen and oxygen atoms in total. The van der Waals surface area contributed by atoms with Crippen molar-refractivity contribution in [2.24, 2.45) is 0 Å². The molecule has 0 radical (unpaired) electrons. The Morgan fingerprint density at radius 1 is 1.13 bits per heavy atom. The number of nitrogens with one attached hydrogen (secondary N) is 1. The number of hydrogen-bond donors (Lipinski definition) is 1. The Morgan fingerprint density at radius 2 is 1.83 bits per heavy atom. The SMILES string of the molecule is CC(C)(C)OC(=O)NC(COCc1ccccc1)c1ccnc(OCC(F)(F)F)c1. The average molecular weight is 426 g/mol. The van der Waals surface area contributed by atoms with Gasteiger partial charge in [-0.3, -0.25) is 0 Å². The monoisotopic (exact) mass is 426 g/mol. The van der Waals surface area contributed by atoms with Crippen LogP contribution in [0.5, 0.6) is 5.88 Å². The summed E-state index contributed by atoms with van der Waals surface area (Å²) in [5.74, 6) is -0.205. The molecule has 0 bridgehead atoms. The third kappa shape index (κ3) is 9.13. The Hall–Kier alpha value is -2.81. The van der Waals surface area contributed by atoms with Crippen LogP contribution in [0.3, 0.4) is 0 Å². The third-order valence-electron chi connectivity index (χ3n) is 3.63. The normalized spacial score (nSPS) is 12.9. The molecule has 0 saturated carbocycles. The van der Waals surface area contributed by atoms with Crippen LogP contribution in [0.25, 0.3) is 0 Å². The lowest BCUT2D eigenvalue weighted by Crippen LogP contribution is -2.36. The molecule has 164 valence electrons. The van der Waals surface area contributed by atoms with Crippen molar-refractivity contribution < 1.29 is 32.2 Å². The Bertz CT molecular complexity index is 808. The van der Waals surface area contributed by atoms with E-state index in [1.165, 1.54) is 12.3 Å². The van der Waals surface area contributed by atoms with Crippen LogP contribution in [0.4, 0.5) is 18.0 Å². The van der Waals surface area contributed by atoms with Crippen molar-refractivity contribution in [1.82, 2.24) is 10.3 Å². The average Bonchev–Trinajstić information content (AvgIpc) is 2.65. The molecule has 30 heavy (non-hydrogen) atoms. The second kappa shape index (κ2) is 10.3. The van der Waals surface area contributed by atoms with Gasteiger partial charge in [0.05, 0.1) is 19.3 Å². The number of carbonyl (C=O) groups excluding carboxylic acids is 1. The van der Waals surface area contributed by atoms with Crippen molar-refractivity contribution >= 4 is 6.09 Å². The fourth-order valence-electron chi connectivity index (χ4n) is 2.42. The third-order valence-corrected chi connectivity index (χ3v) is 3.63. The molecule has 2 rings (SSSR count). The fourth-order valence-corrected chi connectivity index (χ4v) is 2.42. The molecule has 0 spiro atoms. The lowest BCUT2D eigenvalue weighted by Gasteiger charge is -2.24. The first-order valence-electron chi connectivity index (χ1n) is 9.28. The molecule has 1 unspecified atom stereocenters. The topological polar surface area (TPSA) is 69.7 Å². The minimum Gasteiger partial charge on any atom is -0.468 e. The highest BCUT2D eigenvalue weighted by Crippen LogP contribution is 2.21. The maximum absolute atomic E-state index is 12.4. The predicted octanol–water partition coefficient (Wildman–Crippen LogP) is 4.81. The van der Waals surface area contributed by atoms with Crippen LogP contribution in [-0.2, 0) is 16.1 Å². The first-order chi connectivity index (χ1) is 14.0. The van der Waals surface area contributed by atoms with Gasteiger partial charge in [0.15, 0.2) is 6.61 Å². The van der Waals surface area contributed by atoms with Crippen LogP contribution >= 0.6 is 0 Å². The van der Waals surface area contributed by atoms with Crippen LogP contribution in [0.15, 0.2) is 48.7 Å². The van der Waals surface area contributed by atoms with Crippen molar-refractivity contribution in [2.75, 3.05) is 13.2 Å². The van der Waals surface area contributed by atoms with Crippen molar-refractivity contribution in [3.8, 4) is 5.88 Å². The van der Waals surface area contributed by atoms with E-state index in [0.717, 1.165) is 5.56 Å². The molecule has 1 aromatic carbocycles. The lowest BCUT2D eigenvalue weighted by atomic mass is 10.1. The fraction of sp³-hybridized carbons (Fsp3) is 0.429. The Kier molecular flexibility index (Phi) is 8.05. The summed E-state index contributed by atoms with van der Waals surface area (Å²) in [7, 11) is 0. The molecule has 0 aliphatic rings. The van der Waals surface area contributed by atoms with Gasteiger partial charge in [-0.25, -0.2) is 9.78 Å². The molecule has 1 atom stereocenters. The first kappa shape index (κ1) is 23.5. The highest BCUT2D eigenvalue weighted by atomic mass is 19.4. The number of nitrogens with zero attached hydrogens (tertiary/aromatic N) is 1. The van der Waals surface area contributed by atoms with E-state index in [9.17, 15) is 18.0 Å². The molecule has 9 heteroatoms. The van der Waals surface area contributed by atoms with Crippen LogP contribution in [0.2, 0.25) is 0 Å². The van der Waals surface area contributed by atoms with Gasteiger partial charge in [0.2, 0.25) is 5.88 Å². The molecule has 0 aliphatic heterocycles. The minimum atomic E-state index is -4.48. The largest absolute Gasteiger partial charge is 0.468 e. The van der Waals surface area contributed by atoms with Gasteiger partial charge < -0.3 is 19.5 Å². The van der Waals surface area contributed by atoms with E-state index in [2.05, 4.69) is 10.3 Å². The van der Waals surface area contributed by atoms with Gasteiger partial charge in [-0.05, 0) is 38.0 Å². The minimum absolute atomic E-state index is 0.0663. The Morgan fingerprint density at radius 3 is 2.47 bits per heavy atom. The van der Waals surface area contributed by atoms with Gasteiger partial charge in [0.1, 0.15) is 5.60 Å². The van der Waals surface area contributed by atoms with Crippen molar-refractivity contribution in [2.45, 2.75) is 45.2 Å².